The molecule has 5 nitrogen and oxygen atoms in total. The van der Waals surface area contributed by atoms with Crippen molar-refractivity contribution >= 4 is 22.6 Å². The maximum absolute atomic E-state index is 12.7. The lowest BCUT2D eigenvalue weighted by molar-refractivity contribution is 0.179. The first-order valence-corrected chi connectivity index (χ1v) is 9.59. The maximum Gasteiger partial charge on any atom is 0.317 e. The Kier molecular flexibility index (Phi) is 4.89. The number of hydrogen-bond acceptors (Lipinski definition) is 3. The van der Waals surface area contributed by atoms with Crippen molar-refractivity contribution in [1.82, 2.24) is 14.0 Å². The van der Waals surface area contributed by atoms with E-state index in [0.29, 0.717) is 0 Å². The third kappa shape index (κ3) is 3.45. The van der Waals surface area contributed by atoms with Gasteiger partial charge in [-0.3, -0.25) is 19.1 Å². The number of para-hydroxylation sites is 2. The molecular formula is C21H22ClN3O2. The van der Waals surface area contributed by atoms with E-state index in [9.17, 15) is 9.59 Å². The normalized spacial score (nSPS) is 16.1. The highest BCUT2D eigenvalue weighted by atomic mass is 35.5. The Hall–Kier alpha value is -2.37. The second-order valence-corrected chi connectivity index (χ2v) is 7.60. The zero-order valence-electron chi connectivity index (χ0n) is 15.3. The van der Waals surface area contributed by atoms with Crippen molar-refractivity contribution in [3.63, 3.8) is 0 Å². The molecule has 2 aromatic carbocycles. The average molecular weight is 384 g/mol. The van der Waals surface area contributed by atoms with Crippen LogP contribution in [-0.4, -0.2) is 27.1 Å². The molecular weight excluding hydrogens is 362 g/mol. The number of benzene rings is 2. The summed E-state index contributed by atoms with van der Waals surface area (Å²) >= 11 is 6.08. The monoisotopic (exact) mass is 383 g/mol. The predicted octanol–water partition coefficient (Wildman–Crippen LogP) is 3.19. The van der Waals surface area contributed by atoms with Crippen molar-refractivity contribution in [3.8, 4) is 0 Å². The third-order valence-electron chi connectivity index (χ3n) is 5.43. The molecule has 1 aliphatic heterocycles. The fourth-order valence-corrected chi connectivity index (χ4v) is 4.22. The van der Waals surface area contributed by atoms with Gasteiger partial charge in [0.1, 0.15) is 0 Å². The standard InChI is InChI=1S/C21H22ClN3O2/c1-23-18-7-2-3-8-19(18)25(21(27)20(23)26)17-9-11-24(12-10-17)14-15-5-4-6-16(22)13-15/h2-8,13,17H,9-12,14H2,1H3. The second-order valence-electron chi connectivity index (χ2n) is 7.17. The first-order valence-electron chi connectivity index (χ1n) is 9.21. The summed E-state index contributed by atoms with van der Waals surface area (Å²) in [6.45, 7) is 2.61. The number of likely N-dealkylation sites (tertiary alicyclic amines) is 1. The van der Waals surface area contributed by atoms with Gasteiger partial charge in [0.05, 0.1) is 11.0 Å². The van der Waals surface area contributed by atoms with Gasteiger partial charge in [0, 0.05) is 37.7 Å². The first kappa shape index (κ1) is 18.0. The molecule has 27 heavy (non-hydrogen) atoms. The number of hydrogen-bond donors (Lipinski definition) is 0. The van der Waals surface area contributed by atoms with Crippen LogP contribution in [0.4, 0.5) is 0 Å². The molecule has 3 aromatic rings. The van der Waals surface area contributed by atoms with E-state index in [1.54, 1.807) is 11.6 Å². The lowest BCUT2D eigenvalue weighted by atomic mass is 10.0. The van der Waals surface area contributed by atoms with Gasteiger partial charge < -0.3 is 4.57 Å². The van der Waals surface area contributed by atoms with Crippen molar-refractivity contribution in [2.45, 2.75) is 25.4 Å². The minimum atomic E-state index is -0.463. The highest BCUT2D eigenvalue weighted by Gasteiger charge is 2.24. The zero-order chi connectivity index (χ0) is 19.0. The summed E-state index contributed by atoms with van der Waals surface area (Å²) in [5.41, 5.74) is 1.93. The van der Waals surface area contributed by atoms with Crippen LogP contribution in [0, 0.1) is 0 Å². The molecule has 0 saturated carbocycles. The molecule has 2 heterocycles. The summed E-state index contributed by atoms with van der Waals surface area (Å²) in [7, 11) is 1.66. The highest BCUT2D eigenvalue weighted by Crippen LogP contribution is 2.25. The van der Waals surface area contributed by atoms with Gasteiger partial charge >= 0.3 is 11.1 Å². The number of rotatable bonds is 3. The van der Waals surface area contributed by atoms with E-state index < -0.39 is 11.1 Å². The highest BCUT2D eigenvalue weighted by molar-refractivity contribution is 6.30. The van der Waals surface area contributed by atoms with E-state index in [1.165, 1.54) is 10.1 Å². The van der Waals surface area contributed by atoms with Gasteiger partial charge in [-0.05, 0) is 42.7 Å². The number of fused-ring (bicyclic) bond motifs is 1. The molecule has 4 rings (SSSR count). The number of aromatic nitrogens is 2. The second kappa shape index (κ2) is 7.33. The topological polar surface area (TPSA) is 47.2 Å². The third-order valence-corrected chi connectivity index (χ3v) is 5.66. The Bertz CT molecular complexity index is 1090. The van der Waals surface area contributed by atoms with E-state index in [-0.39, 0.29) is 6.04 Å². The summed E-state index contributed by atoms with van der Waals surface area (Å²) < 4.78 is 3.16. The van der Waals surface area contributed by atoms with Gasteiger partial charge in [-0.25, -0.2) is 0 Å². The molecule has 0 unspecified atom stereocenters. The lowest BCUT2D eigenvalue weighted by Crippen LogP contribution is -2.44. The lowest BCUT2D eigenvalue weighted by Gasteiger charge is -2.33. The fraction of sp³-hybridized carbons (Fsp3) is 0.333. The number of aryl methyl sites for hydroxylation is 1. The molecule has 1 aromatic heterocycles. The minimum Gasteiger partial charge on any atom is -0.305 e. The van der Waals surface area contributed by atoms with Gasteiger partial charge in [0.25, 0.3) is 0 Å². The summed E-state index contributed by atoms with van der Waals surface area (Å²) in [6.07, 6.45) is 1.69. The van der Waals surface area contributed by atoms with Crippen molar-refractivity contribution in [2.75, 3.05) is 13.1 Å². The molecule has 0 N–H and O–H groups in total. The summed E-state index contributed by atoms with van der Waals surface area (Å²) in [6, 6.07) is 15.6. The maximum atomic E-state index is 12.7. The van der Waals surface area contributed by atoms with E-state index in [2.05, 4.69) is 11.0 Å². The van der Waals surface area contributed by atoms with Crippen molar-refractivity contribution in [2.24, 2.45) is 7.05 Å². The quantitative estimate of drug-likeness (QED) is 0.652. The van der Waals surface area contributed by atoms with Crippen molar-refractivity contribution in [3.05, 3.63) is 79.8 Å². The molecule has 0 spiro atoms. The summed E-state index contributed by atoms with van der Waals surface area (Å²) in [5.74, 6) is 0. The molecule has 6 heteroatoms. The Labute approximate surface area is 162 Å². The molecule has 1 fully saturated rings. The van der Waals surface area contributed by atoms with Crippen LogP contribution in [-0.2, 0) is 13.6 Å². The molecule has 0 bridgehead atoms. The average Bonchev–Trinajstić information content (AvgIpc) is 2.68. The largest absolute Gasteiger partial charge is 0.317 e. The molecule has 140 valence electrons. The van der Waals surface area contributed by atoms with E-state index in [0.717, 1.165) is 48.5 Å². The van der Waals surface area contributed by atoms with Crippen molar-refractivity contribution in [1.29, 1.82) is 0 Å². The zero-order valence-corrected chi connectivity index (χ0v) is 16.0. The van der Waals surface area contributed by atoms with Crippen LogP contribution in [0.5, 0.6) is 0 Å². The molecule has 0 atom stereocenters. The Balaban J connectivity index is 1.58. The molecule has 1 aliphatic rings. The summed E-state index contributed by atoms with van der Waals surface area (Å²) in [4.78, 5) is 27.5. The van der Waals surface area contributed by atoms with Gasteiger partial charge in [-0.2, -0.15) is 0 Å². The van der Waals surface area contributed by atoms with Crippen LogP contribution in [0.25, 0.3) is 11.0 Å². The van der Waals surface area contributed by atoms with E-state index >= 15 is 0 Å². The van der Waals surface area contributed by atoms with Crippen LogP contribution < -0.4 is 11.1 Å². The van der Waals surface area contributed by atoms with Crippen LogP contribution in [0.3, 0.4) is 0 Å². The van der Waals surface area contributed by atoms with Crippen LogP contribution >= 0.6 is 11.6 Å². The van der Waals surface area contributed by atoms with Gasteiger partial charge in [-0.1, -0.05) is 35.9 Å². The first-order chi connectivity index (χ1) is 13.0. The molecule has 0 amide bonds. The SMILES string of the molecule is Cn1c(=O)c(=O)n(C2CCN(Cc3cccc(Cl)c3)CC2)c2ccccc21. The smallest absolute Gasteiger partial charge is 0.305 e. The van der Waals surface area contributed by atoms with Gasteiger partial charge in [0.2, 0.25) is 0 Å². The number of nitrogens with zero attached hydrogens (tertiary/aromatic N) is 3. The predicted molar refractivity (Wildman–Crippen MR) is 108 cm³/mol. The van der Waals surface area contributed by atoms with E-state index in [1.807, 2.05) is 42.5 Å². The Morgan fingerprint density at radius 3 is 2.37 bits per heavy atom. The molecule has 0 radical (unpaired) electrons. The number of piperidine rings is 1. The van der Waals surface area contributed by atoms with Crippen molar-refractivity contribution < 1.29 is 0 Å². The Morgan fingerprint density at radius 1 is 0.963 bits per heavy atom. The number of halogens is 1. The molecule has 0 aliphatic carbocycles. The van der Waals surface area contributed by atoms with E-state index in [4.69, 9.17) is 11.6 Å². The fourth-order valence-electron chi connectivity index (χ4n) is 4.01. The van der Waals surface area contributed by atoms with Crippen LogP contribution in [0.15, 0.2) is 58.1 Å². The van der Waals surface area contributed by atoms with Crippen LogP contribution in [0.1, 0.15) is 24.4 Å². The van der Waals surface area contributed by atoms with Gasteiger partial charge in [0.15, 0.2) is 0 Å². The minimum absolute atomic E-state index is 0.0481. The van der Waals surface area contributed by atoms with Crippen LogP contribution in [0.2, 0.25) is 5.02 Å². The molecule has 1 saturated heterocycles. The summed E-state index contributed by atoms with van der Waals surface area (Å²) in [5, 5.41) is 0.750. The van der Waals surface area contributed by atoms with Gasteiger partial charge in [-0.15, -0.1) is 0 Å². The Morgan fingerprint density at radius 2 is 1.67 bits per heavy atom.